The summed E-state index contributed by atoms with van der Waals surface area (Å²) in [4.78, 5) is 15.4. The summed E-state index contributed by atoms with van der Waals surface area (Å²) in [7, 11) is 0. The Bertz CT molecular complexity index is 1180. The fraction of sp³-hybridized carbons (Fsp3) is 0.500. The number of carbonyl (C=O) groups is 1. The molecule has 0 bridgehead atoms. The van der Waals surface area contributed by atoms with Gasteiger partial charge in [-0.2, -0.15) is 9.78 Å². The Labute approximate surface area is 204 Å². The Morgan fingerprint density at radius 2 is 2.03 bits per heavy atom. The van der Waals surface area contributed by atoms with Gasteiger partial charge < -0.3 is 5.73 Å². The second kappa shape index (κ2) is 10.8. The van der Waals surface area contributed by atoms with Crippen LogP contribution in [0.2, 0.25) is 0 Å². The molecule has 4 rings (SSSR count). The molecule has 11 heteroatoms. The number of nitrogen functional groups attached to an aromatic ring is 1. The van der Waals surface area contributed by atoms with E-state index in [2.05, 4.69) is 69.0 Å². The predicted molar refractivity (Wildman–Crippen MR) is 132 cm³/mol. The van der Waals surface area contributed by atoms with Gasteiger partial charge in [0.15, 0.2) is 5.69 Å². The molecule has 1 fully saturated rings. The average Bonchev–Trinajstić information content (AvgIpc) is 3.44. The van der Waals surface area contributed by atoms with Gasteiger partial charge in [0.25, 0.3) is 5.91 Å². The number of anilines is 1. The molecule has 35 heavy (non-hydrogen) atoms. The van der Waals surface area contributed by atoms with E-state index in [9.17, 15) is 4.79 Å². The number of hydrazone groups is 1. The lowest BCUT2D eigenvalue weighted by Crippen LogP contribution is -2.38. The van der Waals surface area contributed by atoms with Crippen LogP contribution in [0.25, 0.3) is 5.82 Å². The maximum Gasteiger partial charge on any atom is 0.293 e. The van der Waals surface area contributed by atoms with Crippen LogP contribution >= 0.6 is 0 Å². The predicted octanol–water partition coefficient (Wildman–Crippen LogP) is 2.96. The summed E-state index contributed by atoms with van der Waals surface area (Å²) in [6.45, 7) is 9.80. The van der Waals surface area contributed by atoms with Crippen LogP contribution in [-0.2, 0) is 13.0 Å². The largest absolute Gasteiger partial charge is 0.378 e. The highest BCUT2D eigenvalue weighted by atomic mass is 16.6. The minimum atomic E-state index is -0.457. The van der Waals surface area contributed by atoms with E-state index in [1.54, 1.807) is 0 Å². The molecule has 11 nitrogen and oxygen atoms in total. The van der Waals surface area contributed by atoms with Gasteiger partial charge in [0.05, 0.1) is 11.4 Å². The molecule has 0 spiro atoms. The Morgan fingerprint density at radius 3 is 2.69 bits per heavy atom. The molecular formula is C24H33N9O2. The minimum absolute atomic E-state index is 0.0737. The molecule has 1 atom stereocenters. The minimum Gasteiger partial charge on any atom is -0.378 e. The number of nitrogens with two attached hydrogens (primary N) is 1. The van der Waals surface area contributed by atoms with Crippen molar-refractivity contribution in [2.45, 2.75) is 66.0 Å². The summed E-state index contributed by atoms with van der Waals surface area (Å²) in [6.07, 6.45) is 4.40. The zero-order valence-electron chi connectivity index (χ0n) is 20.7. The molecule has 0 saturated carbocycles. The highest BCUT2D eigenvalue weighted by molar-refractivity contribution is 6.00. The van der Waals surface area contributed by atoms with Crippen molar-refractivity contribution in [1.29, 1.82) is 0 Å². The van der Waals surface area contributed by atoms with Gasteiger partial charge >= 0.3 is 0 Å². The summed E-state index contributed by atoms with van der Waals surface area (Å²) in [6, 6.07) is 8.59. The van der Waals surface area contributed by atoms with E-state index in [4.69, 9.17) is 10.4 Å². The Balaban J connectivity index is 1.55. The average molecular weight is 480 g/mol. The van der Waals surface area contributed by atoms with E-state index in [-0.39, 0.29) is 17.3 Å². The van der Waals surface area contributed by atoms with Gasteiger partial charge in [0.1, 0.15) is 0 Å². The Hall–Kier alpha value is -3.60. The fourth-order valence-corrected chi connectivity index (χ4v) is 4.32. The number of aromatic nitrogens is 5. The summed E-state index contributed by atoms with van der Waals surface area (Å²) in [5, 5.41) is 20.1. The van der Waals surface area contributed by atoms with E-state index >= 15 is 0 Å². The normalized spacial score (nSPS) is 17.2. The lowest BCUT2D eigenvalue weighted by atomic mass is 10.0. The zero-order valence-corrected chi connectivity index (χ0v) is 20.7. The van der Waals surface area contributed by atoms with Gasteiger partial charge in [-0.05, 0) is 67.0 Å². The van der Waals surface area contributed by atoms with Crippen LogP contribution in [0, 0.1) is 5.92 Å². The van der Waals surface area contributed by atoms with Crippen molar-refractivity contribution >= 4 is 17.4 Å². The molecule has 2 aromatic heterocycles. The molecule has 1 aliphatic rings. The van der Waals surface area contributed by atoms with Crippen molar-refractivity contribution in [2.75, 3.05) is 12.3 Å². The lowest BCUT2D eigenvalue weighted by Gasteiger charge is -2.33. The van der Waals surface area contributed by atoms with Gasteiger partial charge in [0, 0.05) is 12.6 Å². The number of nitrogens with zero attached hydrogens (tertiary/aromatic N) is 7. The number of likely N-dealkylation sites (tertiary alicyclic amines) is 1. The van der Waals surface area contributed by atoms with Crippen LogP contribution in [-0.4, -0.2) is 54.4 Å². The van der Waals surface area contributed by atoms with Crippen molar-refractivity contribution < 1.29 is 9.42 Å². The SMILES string of the molecule is C/C(=N\NC(=O)c1nnn(-c2nonc2N)c1CN1CCCC[C@@H]1C)c1ccc(CC(C)C)cc1. The maximum absolute atomic E-state index is 13.1. The van der Waals surface area contributed by atoms with E-state index in [0.717, 1.165) is 31.4 Å². The van der Waals surface area contributed by atoms with Crippen LogP contribution in [0.3, 0.4) is 0 Å². The first kappa shape index (κ1) is 24.5. The topological polar surface area (TPSA) is 140 Å². The van der Waals surface area contributed by atoms with E-state index < -0.39 is 5.91 Å². The molecular weight excluding hydrogens is 446 g/mol. The van der Waals surface area contributed by atoms with Gasteiger partial charge in [-0.25, -0.2) is 10.1 Å². The van der Waals surface area contributed by atoms with Crippen LogP contribution in [0.4, 0.5) is 5.82 Å². The van der Waals surface area contributed by atoms with Crippen molar-refractivity contribution in [2.24, 2.45) is 11.0 Å². The molecule has 0 aliphatic carbocycles. The smallest absolute Gasteiger partial charge is 0.293 e. The number of hydrogen-bond donors (Lipinski definition) is 2. The van der Waals surface area contributed by atoms with Crippen molar-refractivity contribution in [3.63, 3.8) is 0 Å². The number of piperidine rings is 1. The molecule has 3 N–H and O–H groups in total. The summed E-state index contributed by atoms with van der Waals surface area (Å²) in [5.74, 6) is 0.414. The monoisotopic (exact) mass is 479 g/mol. The molecule has 0 radical (unpaired) electrons. The first-order valence-electron chi connectivity index (χ1n) is 12.0. The van der Waals surface area contributed by atoms with Gasteiger partial charge in [-0.1, -0.05) is 49.7 Å². The molecule has 1 aromatic carbocycles. The second-order valence-corrected chi connectivity index (χ2v) is 9.52. The lowest BCUT2D eigenvalue weighted by molar-refractivity contribution is 0.0944. The van der Waals surface area contributed by atoms with E-state index in [1.165, 1.54) is 16.7 Å². The summed E-state index contributed by atoms with van der Waals surface area (Å²) >= 11 is 0. The first-order valence-corrected chi connectivity index (χ1v) is 12.0. The summed E-state index contributed by atoms with van der Waals surface area (Å²) in [5.41, 5.74) is 12.1. The third kappa shape index (κ3) is 5.73. The Morgan fingerprint density at radius 1 is 1.26 bits per heavy atom. The van der Waals surface area contributed by atoms with Crippen molar-refractivity contribution in [3.8, 4) is 5.82 Å². The fourth-order valence-electron chi connectivity index (χ4n) is 4.32. The van der Waals surface area contributed by atoms with E-state index in [0.29, 0.717) is 29.9 Å². The van der Waals surface area contributed by atoms with Crippen LogP contribution in [0.15, 0.2) is 34.0 Å². The maximum atomic E-state index is 13.1. The van der Waals surface area contributed by atoms with Crippen LogP contribution in [0.1, 0.15) is 74.3 Å². The second-order valence-electron chi connectivity index (χ2n) is 9.52. The highest BCUT2D eigenvalue weighted by Gasteiger charge is 2.28. The third-order valence-electron chi connectivity index (χ3n) is 6.31. The van der Waals surface area contributed by atoms with E-state index in [1.807, 2.05) is 19.1 Å². The molecule has 186 valence electrons. The zero-order chi connectivity index (χ0) is 24.9. The number of rotatable bonds is 8. The number of nitrogens with one attached hydrogen (secondary N) is 1. The summed E-state index contributed by atoms with van der Waals surface area (Å²) < 4.78 is 6.17. The molecule has 1 aliphatic heterocycles. The third-order valence-corrected chi connectivity index (χ3v) is 6.31. The van der Waals surface area contributed by atoms with Crippen LogP contribution in [0.5, 0.6) is 0 Å². The standard InChI is InChI=1S/C24H33N9O2/c1-15(2)13-18-8-10-19(11-9-18)17(4)26-28-24(34)21-20(14-32-12-6-5-7-16(32)3)33(31-27-21)23-22(25)29-35-30-23/h8-11,15-16H,5-7,12-14H2,1-4H3,(H2,25,29)(H,28,34)/b26-17+/t16-/m0/s1. The number of hydrogen-bond acceptors (Lipinski definition) is 9. The first-order chi connectivity index (χ1) is 16.8. The quantitative estimate of drug-likeness (QED) is 0.371. The van der Waals surface area contributed by atoms with Crippen molar-refractivity contribution in [3.05, 3.63) is 46.8 Å². The van der Waals surface area contributed by atoms with Crippen LogP contribution < -0.4 is 11.2 Å². The number of carbonyl (C=O) groups excluding carboxylic acids is 1. The van der Waals surface area contributed by atoms with Gasteiger partial charge in [-0.3, -0.25) is 9.69 Å². The van der Waals surface area contributed by atoms with Crippen molar-refractivity contribution in [1.82, 2.24) is 35.6 Å². The molecule has 1 amide bonds. The van der Waals surface area contributed by atoms with Gasteiger partial charge in [-0.15, -0.1) is 5.10 Å². The van der Waals surface area contributed by atoms with Gasteiger partial charge in [0.2, 0.25) is 11.6 Å². The number of benzene rings is 1. The number of amides is 1. The highest BCUT2D eigenvalue weighted by Crippen LogP contribution is 2.23. The Kier molecular flexibility index (Phi) is 7.54. The molecule has 3 aromatic rings. The molecule has 0 unspecified atom stereocenters. The molecule has 3 heterocycles. The molecule has 1 saturated heterocycles.